The van der Waals surface area contributed by atoms with Gasteiger partial charge in [0.25, 0.3) is 5.91 Å². The van der Waals surface area contributed by atoms with Crippen molar-refractivity contribution in [3.8, 4) is 5.75 Å². The predicted molar refractivity (Wildman–Crippen MR) is 119 cm³/mol. The second-order valence-electron chi connectivity index (χ2n) is 6.82. The molecule has 0 aliphatic heterocycles. The number of primary amides is 1. The van der Waals surface area contributed by atoms with Gasteiger partial charge in [0.1, 0.15) is 5.75 Å². The molecule has 3 rings (SSSR count). The lowest BCUT2D eigenvalue weighted by atomic mass is 10.1. The number of nitrogens with two attached hydrogens (primary N) is 1. The molecular formula is C24H22N2O5. The van der Waals surface area contributed by atoms with Crippen molar-refractivity contribution < 1.29 is 23.9 Å². The van der Waals surface area contributed by atoms with Crippen molar-refractivity contribution in [1.29, 1.82) is 0 Å². The van der Waals surface area contributed by atoms with Crippen LogP contribution in [-0.2, 0) is 14.3 Å². The molecule has 0 saturated heterocycles. The third kappa shape index (κ3) is 5.70. The Kier molecular flexibility index (Phi) is 6.67. The maximum absolute atomic E-state index is 12.2. The van der Waals surface area contributed by atoms with Crippen LogP contribution in [0.1, 0.15) is 22.8 Å². The van der Waals surface area contributed by atoms with Gasteiger partial charge in [0.2, 0.25) is 5.91 Å². The monoisotopic (exact) mass is 418 g/mol. The van der Waals surface area contributed by atoms with Crippen LogP contribution in [0.15, 0.2) is 66.7 Å². The Bertz CT molecular complexity index is 1150. The van der Waals surface area contributed by atoms with E-state index >= 15 is 0 Å². The molecule has 0 aromatic heterocycles. The van der Waals surface area contributed by atoms with Gasteiger partial charge in [-0.05, 0) is 71.8 Å². The summed E-state index contributed by atoms with van der Waals surface area (Å²) in [4.78, 5) is 35.4. The van der Waals surface area contributed by atoms with Crippen molar-refractivity contribution in [2.75, 3.05) is 12.4 Å². The highest BCUT2D eigenvalue weighted by Crippen LogP contribution is 2.22. The van der Waals surface area contributed by atoms with Crippen molar-refractivity contribution in [2.45, 2.75) is 13.0 Å². The Balaban J connectivity index is 1.57. The molecule has 3 aromatic rings. The van der Waals surface area contributed by atoms with Crippen LogP contribution in [0.4, 0.5) is 5.69 Å². The molecule has 7 nitrogen and oxygen atoms in total. The number of amides is 2. The molecule has 0 bridgehead atoms. The van der Waals surface area contributed by atoms with E-state index in [1.165, 1.54) is 25.1 Å². The molecule has 158 valence electrons. The van der Waals surface area contributed by atoms with Crippen molar-refractivity contribution in [3.63, 3.8) is 0 Å². The number of anilines is 1. The zero-order valence-electron chi connectivity index (χ0n) is 17.1. The first-order valence-electron chi connectivity index (χ1n) is 9.53. The van der Waals surface area contributed by atoms with Crippen molar-refractivity contribution in [3.05, 3.63) is 77.9 Å². The summed E-state index contributed by atoms with van der Waals surface area (Å²) >= 11 is 0. The molecule has 0 aliphatic carbocycles. The predicted octanol–water partition coefficient (Wildman–Crippen LogP) is 3.53. The molecule has 0 heterocycles. The van der Waals surface area contributed by atoms with Gasteiger partial charge in [-0.1, -0.05) is 18.2 Å². The van der Waals surface area contributed by atoms with Crippen LogP contribution >= 0.6 is 0 Å². The molecule has 0 radical (unpaired) electrons. The molecular weight excluding hydrogens is 396 g/mol. The van der Waals surface area contributed by atoms with Gasteiger partial charge in [-0.3, -0.25) is 9.59 Å². The molecule has 1 atom stereocenters. The van der Waals surface area contributed by atoms with Gasteiger partial charge < -0.3 is 20.5 Å². The fourth-order valence-electron chi connectivity index (χ4n) is 2.87. The van der Waals surface area contributed by atoms with Crippen LogP contribution in [0.3, 0.4) is 0 Å². The summed E-state index contributed by atoms with van der Waals surface area (Å²) in [6, 6.07) is 17.6. The van der Waals surface area contributed by atoms with Gasteiger partial charge in [0, 0.05) is 17.3 Å². The standard InChI is InChI=1S/C24H22N2O5/c1-15(24(29)26-20-9-6-17(7-10-20)23(25)28)31-22(27)12-4-16-3-5-19-14-21(30-2)11-8-18(19)13-16/h3-15H,1-2H3,(H2,25,28)(H,26,29)/b12-4+/t15-/m1/s1. The normalized spacial score (nSPS) is 11.8. The van der Waals surface area contributed by atoms with Crippen LogP contribution < -0.4 is 15.8 Å². The first-order valence-corrected chi connectivity index (χ1v) is 9.53. The average Bonchev–Trinajstić information content (AvgIpc) is 2.77. The first kappa shape index (κ1) is 21.6. The van der Waals surface area contributed by atoms with Gasteiger partial charge >= 0.3 is 5.97 Å². The molecule has 2 amide bonds. The number of ether oxygens (including phenoxy) is 2. The van der Waals surface area contributed by atoms with Gasteiger partial charge in [-0.15, -0.1) is 0 Å². The SMILES string of the molecule is COc1ccc2cc(/C=C/C(=O)O[C@H](C)C(=O)Nc3ccc(C(N)=O)cc3)ccc2c1. The largest absolute Gasteiger partial charge is 0.497 e. The Morgan fingerprint density at radius 1 is 0.968 bits per heavy atom. The van der Waals surface area contributed by atoms with Crippen LogP contribution in [0.5, 0.6) is 5.75 Å². The van der Waals surface area contributed by atoms with E-state index in [4.69, 9.17) is 15.2 Å². The fourth-order valence-corrected chi connectivity index (χ4v) is 2.87. The zero-order chi connectivity index (χ0) is 22.4. The molecule has 0 unspecified atom stereocenters. The van der Waals surface area contributed by atoms with Gasteiger partial charge in [-0.25, -0.2) is 4.79 Å². The van der Waals surface area contributed by atoms with Gasteiger partial charge in [0.05, 0.1) is 7.11 Å². The van der Waals surface area contributed by atoms with Gasteiger partial charge in [0.15, 0.2) is 6.10 Å². The first-order chi connectivity index (χ1) is 14.9. The zero-order valence-corrected chi connectivity index (χ0v) is 17.1. The summed E-state index contributed by atoms with van der Waals surface area (Å²) in [7, 11) is 1.62. The summed E-state index contributed by atoms with van der Waals surface area (Å²) in [5.41, 5.74) is 6.79. The fraction of sp³-hybridized carbons (Fsp3) is 0.125. The number of fused-ring (bicyclic) bond motifs is 1. The lowest BCUT2D eigenvalue weighted by Gasteiger charge is -2.12. The third-order valence-electron chi connectivity index (χ3n) is 4.58. The summed E-state index contributed by atoms with van der Waals surface area (Å²) in [6.07, 6.45) is 1.90. The van der Waals surface area contributed by atoms with E-state index in [1.54, 1.807) is 25.3 Å². The number of benzene rings is 3. The quantitative estimate of drug-likeness (QED) is 0.451. The number of methoxy groups -OCH3 is 1. The van der Waals surface area contributed by atoms with E-state index in [1.807, 2.05) is 36.4 Å². The molecule has 3 aromatic carbocycles. The van der Waals surface area contributed by atoms with Crippen LogP contribution in [0, 0.1) is 0 Å². The minimum atomic E-state index is -1.00. The highest BCUT2D eigenvalue weighted by molar-refractivity contribution is 5.98. The smallest absolute Gasteiger partial charge is 0.331 e. The molecule has 0 spiro atoms. The molecule has 31 heavy (non-hydrogen) atoms. The minimum Gasteiger partial charge on any atom is -0.497 e. The lowest BCUT2D eigenvalue weighted by Crippen LogP contribution is -2.29. The number of hydrogen-bond acceptors (Lipinski definition) is 5. The maximum Gasteiger partial charge on any atom is 0.331 e. The number of nitrogens with one attached hydrogen (secondary N) is 1. The van der Waals surface area contributed by atoms with Gasteiger partial charge in [-0.2, -0.15) is 0 Å². The molecule has 7 heteroatoms. The van der Waals surface area contributed by atoms with Crippen molar-refractivity contribution >= 4 is 40.3 Å². The van der Waals surface area contributed by atoms with Crippen LogP contribution in [0.25, 0.3) is 16.8 Å². The van der Waals surface area contributed by atoms with E-state index < -0.39 is 23.9 Å². The van der Waals surface area contributed by atoms with Crippen molar-refractivity contribution in [2.24, 2.45) is 5.73 Å². The third-order valence-corrected chi connectivity index (χ3v) is 4.58. The Hall–Kier alpha value is -4.13. The van der Waals surface area contributed by atoms with E-state index in [0.717, 1.165) is 22.1 Å². The average molecular weight is 418 g/mol. The number of hydrogen-bond donors (Lipinski definition) is 2. The maximum atomic E-state index is 12.2. The van der Waals surface area contributed by atoms with Crippen LogP contribution in [0.2, 0.25) is 0 Å². The van der Waals surface area contributed by atoms with E-state index in [9.17, 15) is 14.4 Å². The summed E-state index contributed by atoms with van der Waals surface area (Å²) in [6.45, 7) is 1.47. The molecule has 0 fully saturated rings. The molecule has 0 saturated carbocycles. The minimum absolute atomic E-state index is 0.329. The second kappa shape index (κ2) is 9.58. The Morgan fingerprint density at radius 2 is 1.65 bits per heavy atom. The van der Waals surface area contributed by atoms with Crippen LogP contribution in [-0.4, -0.2) is 31.0 Å². The highest BCUT2D eigenvalue weighted by Gasteiger charge is 2.16. The summed E-state index contributed by atoms with van der Waals surface area (Å²) < 4.78 is 10.4. The lowest BCUT2D eigenvalue weighted by molar-refractivity contribution is -0.148. The summed E-state index contributed by atoms with van der Waals surface area (Å²) in [5.74, 6) is -0.914. The van der Waals surface area contributed by atoms with E-state index in [-0.39, 0.29) is 0 Å². The number of rotatable bonds is 7. The molecule has 0 aliphatic rings. The van der Waals surface area contributed by atoms with Crippen molar-refractivity contribution in [1.82, 2.24) is 0 Å². The Morgan fingerprint density at radius 3 is 2.32 bits per heavy atom. The topological polar surface area (TPSA) is 108 Å². The van der Waals surface area contributed by atoms with E-state index in [2.05, 4.69) is 5.32 Å². The number of carbonyl (C=O) groups is 3. The second-order valence-corrected chi connectivity index (χ2v) is 6.82. The summed E-state index contributed by atoms with van der Waals surface area (Å²) in [5, 5.41) is 4.64. The molecule has 3 N–H and O–H groups in total. The number of esters is 1. The Labute approximate surface area is 179 Å². The van der Waals surface area contributed by atoms with E-state index in [0.29, 0.717) is 11.3 Å². The highest BCUT2D eigenvalue weighted by atomic mass is 16.5. The number of carbonyl (C=O) groups excluding carboxylic acids is 3.